The van der Waals surface area contributed by atoms with Gasteiger partial charge in [-0.3, -0.25) is 9.09 Å². The number of phosphoric ester groups is 1. The highest BCUT2D eigenvalue weighted by molar-refractivity contribution is 7.46. The maximum Gasteiger partial charge on any atom is 0.469 e. The van der Waals surface area contributed by atoms with E-state index in [2.05, 4.69) is 9.51 Å². The third-order valence-corrected chi connectivity index (χ3v) is 4.81. The van der Waals surface area contributed by atoms with Crippen molar-refractivity contribution in [3.8, 4) is 0 Å². The van der Waals surface area contributed by atoms with Crippen LogP contribution in [0.1, 0.15) is 12.0 Å². The third-order valence-electron chi connectivity index (χ3n) is 4.32. The van der Waals surface area contributed by atoms with E-state index in [9.17, 15) is 14.5 Å². The molecule has 0 spiro atoms. The molecule has 0 unspecified atom stereocenters. The number of aromatic nitrogens is 2. The van der Waals surface area contributed by atoms with E-state index in [1.54, 1.807) is 0 Å². The molecule has 0 amide bonds. The van der Waals surface area contributed by atoms with Crippen molar-refractivity contribution in [2.75, 3.05) is 12.3 Å². The molecule has 1 aromatic heterocycles. The van der Waals surface area contributed by atoms with Crippen molar-refractivity contribution in [3.05, 3.63) is 58.6 Å². The van der Waals surface area contributed by atoms with Crippen LogP contribution in [0.5, 0.6) is 0 Å². The molecule has 27 heavy (non-hydrogen) atoms. The van der Waals surface area contributed by atoms with E-state index in [0.717, 1.165) is 5.56 Å². The summed E-state index contributed by atoms with van der Waals surface area (Å²) in [5.41, 5.74) is 4.43. The van der Waals surface area contributed by atoms with Crippen molar-refractivity contribution >= 4 is 13.6 Å². The molecule has 2 heterocycles. The van der Waals surface area contributed by atoms with Crippen molar-refractivity contribution in [2.24, 2.45) is 0 Å². The largest absolute Gasteiger partial charge is 0.469 e. The summed E-state index contributed by atoms with van der Waals surface area (Å²) >= 11 is 0. The zero-order valence-electron chi connectivity index (χ0n) is 14.2. The standard InChI is InChI=1S/C16H20N3O7P/c17-14-6-7-19(15(21)18-14)16(8-11-4-2-1-3-5-11)9-12(20)13(26-16)10-25-27(22,23)24/h1-7,12-13,20H,8-10H2,(H2,17,18,21)(H2,22,23,24)/t12-,13+,16+/m0/s1. The molecule has 1 aromatic carbocycles. The predicted octanol–water partition coefficient (Wildman–Crippen LogP) is -0.0199. The molecule has 1 aliphatic heterocycles. The Morgan fingerprint density at radius 1 is 1.33 bits per heavy atom. The molecular weight excluding hydrogens is 377 g/mol. The Hall–Kier alpha value is -2.07. The fraction of sp³-hybridized carbons (Fsp3) is 0.375. The number of nitrogen functional groups attached to an aromatic ring is 1. The molecular formula is C16H20N3O7P. The van der Waals surface area contributed by atoms with Gasteiger partial charge in [0.15, 0.2) is 5.72 Å². The van der Waals surface area contributed by atoms with Gasteiger partial charge in [-0.1, -0.05) is 30.3 Å². The summed E-state index contributed by atoms with van der Waals surface area (Å²) in [5, 5.41) is 10.4. The van der Waals surface area contributed by atoms with Crippen LogP contribution in [0.15, 0.2) is 47.4 Å². The summed E-state index contributed by atoms with van der Waals surface area (Å²) in [4.78, 5) is 33.9. The highest BCUT2D eigenvalue weighted by atomic mass is 31.2. The molecule has 10 nitrogen and oxygen atoms in total. The van der Waals surface area contributed by atoms with Crippen LogP contribution in [0.25, 0.3) is 0 Å². The van der Waals surface area contributed by atoms with Crippen LogP contribution < -0.4 is 11.4 Å². The van der Waals surface area contributed by atoms with Crippen LogP contribution in [0.2, 0.25) is 0 Å². The predicted molar refractivity (Wildman–Crippen MR) is 94.5 cm³/mol. The molecule has 11 heteroatoms. The quantitative estimate of drug-likeness (QED) is 0.492. The molecule has 0 bridgehead atoms. The van der Waals surface area contributed by atoms with E-state index < -0.39 is 38.1 Å². The Labute approximate surface area is 154 Å². The molecule has 2 aromatic rings. The molecule has 146 valence electrons. The summed E-state index contributed by atoms with van der Waals surface area (Å²) in [5.74, 6) is 0.0473. The van der Waals surface area contributed by atoms with E-state index in [1.807, 2.05) is 30.3 Å². The van der Waals surface area contributed by atoms with Gasteiger partial charge in [-0.05, 0) is 11.6 Å². The second kappa shape index (κ2) is 7.51. The first kappa shape index (κ1) is 19.7. The number of benzene rings is 1. The number of aliphatic hydroxyl groups excluding tert-OH is 1. The maximum atomic E-state index is 12.4. The van der Waals surface area contributed by atoms with Gasteiger partial charge in [0.2, 0.25) is 0 Å². The molecule has 1 fully saturated rings. The fourth-order valence-electron chi connectivity index (χ4n) is 3.18. The maximum absolute atomic E-state index is 12.4. The third kappa shape index (κ3) is 4.62. The van der Waals surface area contributed by atoms with Gasteiger partial charge < -0.3 is 25.4 Å². The molecule has 5 N–H and O–H groups in total. The zero-order valence-corrected chi connectivity index (χ0v) is 15.1. The number of rotatable bonds is 6. The summed E-state index contributed by atoms with van der Waals surface area (Å²) in [6.45, 7) is -0.529. The lowest BCUT2D eigenvalue weighted by atomic mass is 9.97. The van der Waals surface area contributed by atoms with Crippen LogP contribution >= 0.6 is 7.82 Å². The fourth-order valence-corrected chi connectivity index (χ4v) is 3.52. The first-order valence-electron chi connectivity index (χ1n) is 8.14. The average Bonchev–Trinajstić information content (AvgIpc) is 2.89. The normalized spacial score (nSPS) is 25.6. The molecule has 3 rings (SSSR count). The number of ether oxygens (including phenoxy) is 1. The van der Waals surface area contributed by atoms with Crippen LogP contribution in [0.4, 0.5) is 5.82 Å². The Balaban J connectivity index is 1.96. The molecule has 3 atom stereocenters. The van der Waals surface area contributed by atoms with Crippen LogP contribution in [-0.4, -0.2) is 43.3 Å². The molecule has 0 saturated carbocycles. The molecule has 1 aliphatic rings. The van der Waals surface area contributed by atoms with Crippen molar-refractivity contribution in [1.82, 2.24) is 9.55 Å². The lowest BCUT2D eigenvalue weighted by molar-refractivity contribution is -0.117. The highest BCUT2D eigenvalue weighted by Gasteiger charge is 2.48. The smallest absolute Gasteiger partial charge is 0.390 e. The molecule has 0 radical (unpaired) electrons. The lowest BCUT2D eigenvalue weighted by Gasteiger charge is -2.31. The SMILES string of the molecule is Nc1ccn([C@@]2(Cc3ccccc3)C[C@H](O)[C@@H](COP(=O)(O)O)O2)c(=O)n1. The summed E-state index contributed by atoms with van der Waals surface area (Å²) in [6, 6.07) is 10.6. The zero-order chi connectivity index (χ0) is 19.7. The Morgan fingerprint density at radius 3 is 2.67 bits per heavy atom. The number of nitrogens with two attached hydrogens (primary N) is 1. The van der Waals surface area contributed by atoms with Crippen LogP contribution in [0, 0.1) is 0 Å². The Morgan fingerprint density at radius 2 is 2.04 bits per heavy atom. The van der Waals surface area contributed by atoms with Gasteiger partial charge in [0.05, 0.1) is 12.7 Å². The number of nitrogens with zero attached hydrogens (tertiary/aromatic N) is 2. The first-order valence-corrected chi connectivity index (χ1v) is 9.67. The van der Waals surface area contributed by atoms with Gasteiger partial charge in [-0.15, -0.1) is 0 Å². The summed E-state index contributed by atoms with van der Waals surface area (Å²) in [7, 11) is -4.73. The summed E-state index contributed by atoms with van der Waals surface area (Å²) < 4.78 is 22.6. The van der Waals surface area contributed by atoms with E-state index in [1.165, 1.54) is 16.8 Å². The highest BCUT2D eigenvalue weighted by Crippen LogP contribution is 2.41. The minimum Gasteiger partial charge on any atom is -0.390 e. The van der Waals surface area contributed by atoms with Gasteiger partial charge in [-0.2, -0.15) is 4.98 Å². The molecule has 1 saturated heterocycles. The topological polar surface area (TPSA) is 157 Å². The summed E-state index contributed by atoms with van der Waals surface area (Å²) in [6.07, 6.45) is -0.492. The molecule has 0 aliphatic carbocycles. The van der Waals surface area contributed by atoms with Gasteiger partial charge in [0.25, 0.3) is 0 Å². The first-order chi connectivity index (χ1) is 12.7. The van der Waals surface area contributed by atoms with Gasteiger partial charge in [0.1, 0.15) is 11.9 Å². The minimum atomic E-state index is -4.73. The average molecular weight is 397 g/mol. The van der Waals surface area contributed by atoms with Crippen molar-refractivity contribution in [2.45, 2.75) is 30.8 Å². The number of hydrogen-bond donors (Lipinski definition) is 4. The van der Waals surface area contributed by atoms with Crippen LogP contribution in [-0.2, 0) is 26.0 Å². The van der Waals surface area contributed by atoms with E-state index >= 15 is 0 Å². The minimum absolute atomic E-state index is 0.00256. The number of phosphoric acid groups is 1. The number of anilines is 1. The van der Waals surface area contributed by atoms with Crippen molar-refractivity contribution in [3.63, 3.8) is 0 Å². The van der Waals surface area contributed by atoms with E-state index in [4.69, 9.17) is 20.3 Å². The van der Waals surface area contributed by atoms with E-state index in [-0.39, 0.29) is 18.7 Å². The number of aliphatic hydroxyl groups is 1. The lowest BCUT2D eigenvalue weighted by Crippen LogP contribution is -2.44. The van der Waals surface area contributed by atoms with Crippen molar-refractivity contribution < 1.29 is 28.7 Å². The van der Waals surface area contributed by atoms with Gasteiger partial charge >= 0.3 is 13.5 Å². The second-order valence-corrected chi connectivity index (χ2v) is 7.57. The van der Waals surface area contributed by atoms with Gasteiger partial charge in [-0.25, -0.2) is 9.36 Å². The van der Waals surface area contributed by atoms with Crippen molar-refractivity contribution in [1.29, 1.82) is 0 Å². The van der Waals surface area contributed by atoms with Crippen LogP contribution in [0.3, 0.4) is 0 Å². The Kier molecular flexibility index (Phi) is 5.48. The number of hydrogen-bond acceptors (Lipinski definition) is 7. The monoisotopic (exact) mass is 397 g/mol. The van der Waals surface area contributed by atoms with Gasteiger partial charge in [0, 0.05) is 19.0 Å². The van der Waals surface area contributed by atoms with E-state index in [0.29, 0.717) is 0 Å². The second-order valence-electron chi connectivity index (χ2n) is 6.33. The Bertz CT molecular complexity index is 900.